The van der Waals surface area contributed by atoms with Crippen LogP contribution in [0.5, 0.6) is 5.75 Å². The predicted octanol–water partition coefficient (Wildman–Crippen LogP) is 2.08. The standard InChI is InChI=1S/C20H24N4O2/c25-19(15-26-18-7-6-16-4-1-2-5-17(16)14-18)23-10-12-24(13-11-23)20-21-8-3-9-22-20/h3,6-9,14H,1-2,4-5,10-13,15H2. The van der Waals surface area contributed by atoms with Gasteiger partial charge in [-0.3, -0.25) is 4.79 Å². The fourth-order valence-electron chi connectivity index (χ4n) is 3.65. The first-order chi connectivity index (χ1) is 12.8. The van der Waals surface area contributed by atoms with Crippen molar-refractivity contribution >= 4 is 11.9 Å². The van der Waals surface area contributed by atoms with E-state index in [0.717, 1.165) is 37.6 Å². The van der Waals surface area contributed by atoms with Crippen LogP contribution in [0, 0.1) is 0 Å². The van der Waals surface area contributed by atoms with Gasteiger partial charge in [-0.1, -0.05) is 6.07 Å². The SMILES string of the molecule is O=C(COc1ccc2c(c1)CCCC2)N1CCN(c2ncccn2)CC1. The average molecular weight is 352 g/mol. The van der Waals surface area contributed by atoms with E-state index in [1.807, 2.05) is 11.0 Å². The van der Waals surface area contributed by atoms with Crippen LogP contribution in [0.3, 0.4) is 0 Å². The summed E-state index contributed by atoms with van der Waals surface area (Å²) >= 11 is 0. The Kier molecular flexibility index (Phi) is 5.00. The van der Waals surface area contributed by atoms with E-state index in [1.54, 1.807) is 18.5 Å². The first-order valence-electron chi connectivity index (χ1n) is 9.34. The Morgan fingerprint density at radius 1 is 1.00 bits per heavy atom. The van der Waals surface area contributed by atoms with E-state index >= 15 is 0 Å². The summed E-state index contributed by atoms with van der Waals surface area (Å²) in [6.07, 6.45) is 8.27. The van der Waals surface area contributed by atoms with Crippen LogP contribution in [0.2, 0.25) is 0 Å². The van der Waals surface area contributed by atoms with Gasteiger partial charge in [0.05, 0.1) is 0 Å². The van der Waals surface area contributed by atoms with Gasteiger partial charge in [-0.2, -0.15) is 0 Å². The summed E-state index contributed by atoms with van der Waals surface area (Å²) in [5.41, 5.74) is 2.80. The molecule has 1 aromatic heterocycles. The van der Waals surface area contributed by atoms with Crippen molar-refractivity contribution < 1.29 is 9.53 Å². The summed E-state index contributed by atoms with van der Waals surface area (Å²) in [6.45, 7) is 2.93. The van der Waals surface area contributed by atoms with Crippen LogP contribution in [-0.2, 0) is 17.6 Å². The van der Waals surface area contributed by atoms with Gasteiger partial charge >= 0.3 is 0 Å². The Morgan fingerprint density at radius 2 is 1.73 bits per heavy atom. The number of aromatic nitrogens is 2. The first kappa shape index (κ1) is 16.8. The van der Waals surface area contributed by atoms with Gasteiger partial charge in [0.15, 0.2) is 6.61 Å². The summed E-state index contributed by atoms with van der Waals surface area (Å²) < 4.78 is 5.77. The average Bonchev–Trinajstić information content (AvgIpc) is 2.72. The second-order valence-corrected chi connectivity index (χ2v) is 6.84. The van der Waals surface area contributed by atoms with Crippen molar-refractivity contribution in [2.45, 2.75) is 25.7 Å². The fraction of sp³-hybridized carbons (Fsp3) is 0.450. The topological polar surface area (TPSA) is 58.6 Å². The van der Waals surface area contributed by atoms with Crippen LogP contribution in [-0.4, -0.2) is 53.6 Å². The van der Waals surface area contributed by atoms with Crippen LogP contribution in [0.25, 0.3) is 0 Å². The highest BCUT2D eigenvalue weighted by molar-refractivity contribution is 5.78. The normalized spacial score (nSPS) is 16.9. The number of hydrogen-bond donors (Lipinski definition) is 0. The van der Waals surface area contributed by atoms with Crippen molar-refractivity contribution in [1.82, 2.24) is 14.9 Å². The lowest BCUT2D eigenvalue weighted by Crippen LogP contribution is -2.50. The molecular formula is C20H24N4O2. The zero-order valence-electron chi connectivity index (χ0n) is 14.9. The molecule has 2 aliphatic rings. The van der Waals surface area contributed by atoms with Crippen molar-refractivity contribution in [1.29, 1.82) is 0 Å². The molecule has 4 rings (SSSR count). The van der Waals surface area contributed by atoms with Crippen molar-refractivity contribution in [3.8, 4) is 5.75 Å². The number of hydrogen-bond acceptors (Lipinski definition) is 5. The Hall–Kier alpha value is -2.63. The molecule has 0 N–H and O–H groups in total. The Balaban J connectivity index is 1.28. The highest BCUT2D eigenvalue weighted by Gasteiger charge is 2.22. The van der Waals surface area contributed by atoms with Gasteiger partial charge in [0.2, 0.25) is 5.95 Å². The molecule has 0 spiro atoms. The lowest BCUT2D eigenvalue weighted by Gasteiger charge is -2.34. The van der Waals surface area contributed by atoms with E-state index < -0.39 is 0 Å². The monoisotopic (exact) mass is 352 g/mol. The maximum atomic E-state index is 12.5. The predicted molar refractivity (Wildman–Crippen MR) is 99.4 cm³/mol. The van der Waals surface area contributed by atoms with Gasteiger partial charge in [-0.25, -0.2) is 9.97 Å². The van der Waals surface area contributed by atoms with Crippen LogP contribution < -0.4 is 9.64 Å². The summed E-state index contributed by atoms with van der Waals surface area (Å²) in [5, 5.41) is 0. The molecule has 1 aromatic carbocycles. The van der Waals surface area contributed by atoms with Gasteiger partial charge in [0.25, 0.3) is 5.91 Å². The van der Waals surface area contributed by atoms with E-state index in [1.165, 1.54) is 24.0 Å². The fourth-order valence-corrected chi connectivity index (χ4v) is 3.65. The van der Waals surface area contributed by atoms with Gasteiger partial charge in [-0.15, -0.1) is 0 Å². The smallest absolute Gasteiger partial charge is 0.260 e. The second-order valence-electron chi connectivity index (χ2n) is 6.84. The van der Waals surface area contributed by atoms with Crippen molar-refractivity contribution in [2.75, 3.05) is 37.7 Å². The van der Waals surface area contributed by atoms with Crippen LogP contribution in [0.15, 0.2) is 36.7 Å². The molecular weight excluding hydrogens is 328 g/mol. The van der Waals surface area contributed by atoms with Gasteiger partial charge in [0.1, 0.15) is 5.75 Å². The molecule has 0 unspecified atom stereocenters. The van der Waals surface area contributed by atoms with Crippen LogP contribution >= 0.6 is 0 Å². The zero-order valence-corrected chi connectivity index (χ0v) is 14.9. The summed E-state index contributed by atoms with van der Waals surface area (Å²) in [7, 11) is 0. The highest BCUT2D eigenvalue weighted by Crippen LogP contribution is 2.25. The Morgan fingerprint density at radius 3 is 2.50 bits per heavy atom. The molecule has 6 heteroatoms. The number of carbonyl (C=O) groups excluding carboxylic acids is 1. The third-order valence-corrected chi connectivity index (χ3v) is 5.15. The third-order valence-electron chi connectivity index (χ3n) is 5.15. The van der Waals surface area contributed by atoms with E-state index in [9.17, 15) is 4.79 Å². The summed E-state index contributed by atoms with van der Waals surface area (Å²) in [5.74, 6) is 1.57. The lowest BCUT2D eigenvalue weighted by molar-refractivity contribution is -0.133. The molecule has 0 radical (unpaired) electrons. The molecule has 1 fully saturated rings. The number of anilines is 1. The third kappa shape index (κ3) is 3.79. The molecule has 0 bridgehead atoms. The molecule has 0 saturated carbocycles. The highest BCUT2D eigenvalue weighted by atomic mass is 16.5. The molecule has 2 heterocycles. The summed E-state index contributed by atoms with van der Waals surface area (Å²) in [6, 6.07) is 8.04. The Labute approximate surface area is 153 Å². The number of benzene rings is 1. The lowest BCUT2D eigenvalue weighted by atomic mass is 9.92. The molecule has 1 aliphatic carbocycles. The quantitative estimate of drug-likeness (QED) is 0.843. The van der Waals surface area contributed by atoms with E-state index in [4.69, 9.17) is 4.74 Å². The van der Waals surface area contributed by atoms with Crippen LogP contribution in [0.4, 0.5) is 5.95 Å². The van der Waals surface area contributed by atoms with Crippen molar-refractivity contribution in [3.05, 3.63) is 47.8 Å². The number of aryl methyl sites for hydroxylation is 2. The molecule has 1 aliphatic heterocycles. The molecule has 6 nitrogen and oxygen atoms in total. The number of nitrogens with zero attached hydrogens (tertiary/aromatic N) is 4. The van der Waals surface area contributed by atoms with E-state index in [2.05, 4.69) is 27.0 Å². The number of ether oxygens (including phenoxy) is 1. The molecule has 2 aromatic rings. The number of amides is 1. The summed E-state index contributed by atoms with van der Waals surface area (Å²) in [4.78, 5) is 25.0. The molecule has 136 valence electrons. The molecule has 1 amide bonds. The number of rotatable bonds is 4. The van der Waals surface area contributed by atoms with Gasteiger partial charge in [-0.05, 0) is 55.0 Å². The largest absolute Gasteiger partial charge is 0.484 e. The number of fused-ring (bicyclic) bond motifs is 1. The molecule has 26 heavy (non-hydrogen) atoms. The number of carbonyl (C=O) groups is 1. The maximum Gasteiger partial charge on any atom is 0.260 e. The van der Waals surface area contributed by atoms with Crippen molar-refractivity contribution in [2.24, 2.45) is 0 Å². The molecule has 1 saturated heterocycles. The minimum absolute atomic E-state index is 0.0383. The maximum absolute atomic E-state index is 12.5. The van der Waals surface area contributed by atoms with Gasteiger partial charge in [0, 0.05) is 38.6 Å². The number of piperazine rings is 1. The Bertz CT molecular complexity index is 758. The van der Waals surface area contributed by atoms with E-state index in [0.29, 0.717) is 13.1 Å². The van der Waals surface area contributed by atoms with Gasteiger partial charge < -0.3 is 14.5 Å². The minimum atomic E-state index is 0.0383. The minimum Gasteiger partial charge on any atom is -0.484 e. The van der Waals surface area contributed by atoms with Crippen LogP contribution in [0.1, 0.15) is 24.0 Å². The second kappa shape index (κ2) is 7.72. The van der Waals surface area contributed by atoms with Crippen molar-refractivity contribution in [3.63, 3.8) is 0 Å². The first-order valence-corrected chi connectivity index (χ1v) is 9.34. The molecule has 0 atom stereocenters. The zero-order chi connectivity index (χ0) is 17.8. The van der Waals surface area contributed by atoms with E-state index in [-0.39, 0.29) is 12.5 Å².